The van der Waals surface area contributed by atoms with Crippen LogP contribution in [-0.4, -0.2) is 41.7 Å². The molecule has 29 heavy (non-hydrogen) atoms. The van der Waals surface area contributed by atoms with Crippen molar-refractivity contribution in [1.82, 2.24) is 9.47 Å². The zero-order valence-electron chi connectivity index (χ0n) is 15.9. The minimum Gasteiger partial charge on any atom is -0.378 e. The van der Waals surface area contributed by atoms with Crippen LogP contribution in [0.4, 0.5) is 0 Å². The second-order valence-corrected chi connectivity index (χ2v) is 7.83. The lowest BCUT2D eigenvalue weighted by atomic mass is 9.98. The molecule has 0 N–H and O–H groups in total. The summed E-state index contributed by atoms with van der Waals surface area (Å²) in [5.41, 5.74) is 4.04. The van der Waals surface area contributed by atoms with Gasteiger partial charge in [-0.3, -0.25) is 9.59 Å². The molecule has 146 valence electrons. The number of aromatic nitrogens is 1. The summed E-state index contributed by atoms with van der Waals surface area (Å²) in [6, 6.07) is 16.8. The minimum atomic E-state index is -0.117. The lowest BCUT2D eigenvalue weighted by Crippen LogP contribution is -2.54. The molecule has 2 aliphatic heterocycles. The van der Waals surface area contributed by atoms with Crippen LogP contribution in [0.2, 0.25) is 5.02 Å². The Morgan fingerprint density at radius 1 is 1.10 bits per heavy atom. The van der Waals surface area contributed by atoms with E-state index in [-0.39, 0.29) is 17.6 Å². The van der Waals surface area contributed by atoms with Gasteiger partial charge in [0.05, 0.1) is 28.9 Å². The van der Waals surface area contributed by atoms with Crippen molar-refractivity contribution in [2.45, 2.75) is 12.6 Å². The van der Waals surface area contributed by atoms with Crippen molar-refractivity contribution < 1.29 is 9.53 Å². The average Bonchev–Trinajstić information content (AvgIpc) is 3.10. The molecule has 0 bridgehead atoms. The minimum absolute atomic E-state index is 0.0582. The molecular weight excluding hydrogens is 388 g/mol. The van der Waals surface area contributed by atoms with Crippen LogP contribution in [-0.2, 0) is 11.3 Å². The first-order valence-electron chi connectivity index (χ1n) is 9.51. The highest BCUT2D eigenvalue weighted by Crippen LogP contribution is 2.40. The van der Waals surface area contributed by atoms with E-state index in [9.17, 15) is 9.59 Å². The SMILES string of the molecule is COC1CN(C(=O)c2cc(-c3ccccc3)c(=O)n3c2-c2c(Cl)cccc2C3)C1. The lowest BCUT2D eigenvalue weighted by molar-refractivity contribution is -0.0191. The Kier molecular flexibility index (Phi) is 4.30. The first-order valence-corrected chi connectivity index (χ1v) is 9.89. The maximum absolute atomic E-state index is 13.4. The summed E-state index contributed by atoms with van der Waals surface area (Å²) in [5, 5.41) is 0.549. The van der Waals surface area contributed by atoms with Gasteiger partial charge in [-0.1, -0.05) is 54.1 Å². The number of ether oxygens (including phenoxy) is 1. The first-order chi connectivity index (χ1) is 14.1. The molecule has 2 aromatic carbocycles. The highest BCUT2D eigenvalue weighted by molar-refractivity contribution is 6.33. The van der Waals surface area contributed by atoms with Gasteiger partial charge in [-0.05, 0) is 23.3 Å². The fraction of sp³-hybridized carbons (Fsp3) is 0.217. The molecule has 0 aliphatic carbocycles. The van der Waals surface area contributed by atoms with Crippen LogP contribution in [0.5, 0.6) is 0 Å². The number of hydrogen-bond acceptors (Lipinski definition) is 3. The largest absolute Gasteiger partial charge is 0.378 e. The number of carbonyl (C=O) groups excluding carboxylic acids is 1. The number of benzene rings is 2. The van der Waals surface area contributed by atoms with E-state index in [0.29, 0.717) is 41.5 Å². The topological polar surface area (TPSA) is 51.5 Å². The molecular formula is C23H19ClN2O3. The Hall–Kier alpha value is -2.89. The fourth-order valence-corrected chi connectivity index (χ4v) is 4.42. The van der Waals surface area contributed by atoms with Gasteiger partial charge in [-0.15, -0.1) is 0 Å². The number of rotatable bonds is 3. The van der Waals surface area contributed by atoms with E-state index in [4.69, 9.17) is 16.3 Å². The van der Waals surface area contributed by atoms with Gasteiger partial charge in [0, 0.05) is 31.3 Å². The summed E-state index contributed by atoms with van der Waals surface area (Å²) < 4.78 is 6.99. The quantitative estimate of drug-likeness (QED) is 0.521. The summed E-state index contributed by atoms with van der Waals surface area (Å²) >= 11 is 6.50. The number of pyridine rings is 1. The molecule has 1 amide bonds. The summed E-state index contributed by atoms with van der Waals surface area (Å²) in [4.78, 5) is 28.5. The van der Waals surface area contributed by atoms with Crippen LogP contribution in [0, 0.1) is 0 Å². The van der Waals surface area contributed by atoms with E-state index >= 15 is 0 Å². The average molecular weight is 407 g/mol. The van der Waals surface area contributed by atoms with Crippen LogP contribution in [0.1, 0.15) is 15.9 Å². The Balaban J connectivity index is 1.73. The predicted molar refractivity (Wildman–Crippen MR) is 112 cm³/mol. The van der Waals surface area contributed by atoms with Crippen LogP contribution in [0.3, 0.4) is 0 Å². The Bertz CT molecular complexity index is 1180. The summed E-state index contributed by atoms with van der Waals surface area (Å²) in [7, 11) is 1.65. The Morgan fingerprint density at radius 3 is 2.59 bits per heavy atom. The van der Waals surface area contributed by atoms with Gasteiger partial charge in [0.1, 0.15) is 0 Å². The molecule has 0 atom stereocenters. The van der Waals surface area contributed by atoms with Gasteiger partial charge in [-0.25, -0.2) is 0 Å². The number of nitrogens with zero attached hydrogens (tertiary/aromatic N) is 2. The Morgan fingerprint density at radius 2 is 1.86 bits per heavy atom. The van der Waals surface area contributed by atoms with Crippen molar-refractivity contribution in [3.8, 4) is 22.4 Å². The lowest BCUT2D eigenvalue weighted by Gasteiger charge is -2.38. The molecule has 2 aliphatic rings. The van der Waals surface area contributed by atoms with Crippen molar-refractivity contribution in [3.05, 3.63) is 81.1 Å². The van der Waals surface area contributed by atoms with Crippen LogP contribution in [0.25, 0.3) is 22.4 Å². The predicted octanol–water partition coefficient (Wildman–Crippen LogP) is 3.67. The van der Waals surface area contributed by atoms with Gasteiger partial charge in [0.15, 0.2) is 0 Å². The third-order valence-corrected chi connectivity index (χ3v) is 6.05. The normalized spacial score (nSPS) is 15.0. The zero-order chi connectivity index (χ0) is 20.1. The highest BCUT2D eigenvalue weighted by atomic mass is 35.5. The number of amides is 1. The van der Waals surface area contributed by atoms with Crippen LogP contribution >= 0.6 is 11.6 Å². The third-order valence-electron chi connectivity index (χ3n) is 5.74. The molecule has 1 aromatic heterocycles. The van der Waals surface area contributed by atoms with Crippen molar-refractivity contribution >= 4 is 17.5 Å². The molecule has 5 rings (SSSR count). The number of halogens is 1. The molecule has 0 radical (unpaired) electrons. The maximum atomic E-state index is 13.4. The molecule has 0 unspecified atom stereocenters. The standard InChI is InChI=1S/C23H19ClN2O3/c1-29-16-12-25(13-16)22(27)18-10-17(14-6-3-2-4-7-14)23(28)26-11-15-8-5-9-19(24)20(15)21(18)26/h2-10,16H,11-13H2,1H3. The van der Waals surface area contributed by atoms with E-state index in [2.05, 4.69) is 0 Å². The molecule has 6 heteroatoms. The molecule has 0 spiro atoms. The molecule has 0 saturated carbocycles. The van der Waals surface area contributed by atoms with Gasteiger partial charge in [-0.2, -0.15) is 0 Å². The van der Waals surface area contributed by atoms with Crippen LogP contribution in [0.15, 0.2) is 59.4 Å². The van der Waals surface area contributed by atoms with E-state index in [1.54, 1.807) is 28.7 Å². The number of methoxy groups -OCH3 is 1. The molecule has 5 nitrogen and oxygen atoms in total. The summed E-state index contributed by atoms with van der Waals surface area (Å²) in [5.74, 6) is -0.105. The Labute approximate surface area is 173 Å². The number of fused-ring (bicyclic) bond motifs is 3. The summed E-state index contributed by atoms with van der Waals surface area (Å²) in [6.07, 6.45) is 0.0582. The van der Waals surface area contributed by atoms with Crippen molar-refractivity contribution in [1.29, 1.82) is 0 Å². The first kappa shape index (κ1) is 18.2. The monoisotopic (exact) mass is 406 g/mol. The molecule has 1 fully saturated rings. The van der Waals surface area contributed by atoms with Gasteiger partial charge >= 0.3 is 0 Å². The maximum Gasteiger partial charge on any atom is 0.259 e. The smallest absolute Gasteiger partial charge is 0.259 e. The van der Waals surface area contributed by atoms with E-state index < -0.39 is 0 Å². The van der Waals surface area contributed by atoms with Gasteiger partial charge in [0.25, 0.3) is 11.5 Å². The fourth-order valence-electron chi connectivity index (χ4n) is 4.13. The number of likely N-dealkylation sites (tertiary alicyclic amines) is 1. The third kappa shape index (κ3) is 2.81. The van der Waals surface area contributed by atoms with Crippen LogP contribution < -0.4 is 5.56 Å². The second-order valence-electron chi connectivity index (χ2n) is 7.42. The zero-order valence-corrected chi connectivity index (χ0v) is 16.6. The molecule has 1 saturated heterocycles. The van der Waals surface area contributed by atoms with E-state index in [1.165, 1.54) is 0 Å². The van der Waals surface area contributed by atoms with Gasteiger partial charge in [0.2, 0.25) is 0 Å². The molecule has 3 heterocycles. The number of hydrogen-bond donors (Lipinski definition) is 0. The van der Waals surface area contributed by atoms with Gasteiger partial charge < -0.3 is 14.2 Å². The van der Waals surface area contributed by atoms with Crippen molar-refractivity contribution in [2.75, 3.05) is 20.2 Å². The number of carbonyl (C=O) groups is 1. The van der Waals surface area contributed by atoms with Crippen molar-refractivity contribution in [3.63, 3.8) is 0 Å². The summed E-state index contributed by atoms with van der Waals surface area (Å²) in [6.45, 7) is 1.50. The second kappa shape index (κ2) is 6.87. The van der Waals surface area contributed by atoms with Crippen molar-refractivity contribution in [2.24, 2.45) is 0 Å². The van der Waals surface area contributed by atoms with E-state index in [1.807, 2.05) is 42.5 Å². The molecule has 3 aromatic rings. The highest BCUT2D eigenvalue weighted by Gasteiger charge is 2.36. The van der Waals surface area contributed by atoms with E-state index in [0.717, 1.165) is 16.7 Å².